The van der Waals surface area contributed by atoms with Crippen molar-refractivity contribution >= 4 is 5.97 Å². The fourth-order valence-electron chi connectivity index (χ4n) is 2.22. The Bertz CT molecular complexity index is 486. The van der Waals surface area contributed by atoms with Crippen LogP contribution in [0.3, 0.4) is 0 Å². The van der Waals surface area contributed by atoms with Gasteiger partial charge in [-0.2, -0.15) is 0 Å². The molecule has 0 aliphatic carbocycles. The summed E-state index contributed by atoms with van der Waals surface area (Å²) in [5.74, 6) is 0.502. The van der Waals surface area contributed by atoms with Gasteiger partial charge in [0.15, 0.2) is 5.60 Å². The lowest BCUT2D eigenvalue weighted by molar-refractivity contribution is -0.161. The lowest BCUT2D eigenvalue weighted by atomic mass is 9.96. The van der Waals surface area contributed by atoms with E-state index < -0.39 is 11.2 Å². The van der Waals surface area contributed by atoms with Gasteiger partial charge in [-0.3, -0.25) is 0 Å². The molecule has 110 valence electrons. The van der Waals surface area contributed by atoms with Gasteiger partial charge >= 0.3 is 5.97 Å². The monoisotopic (exact) mass is 278 g/mol. The minimum Gasteiger partial charge on any atom is -0.497 e. The highest BCUT2D eigenvalue weighted by Gasteiger charge is 2.63. The van der Waals surface area contributed by atoms with Gasteiger partial charge in [-0.1, -0.05) is 19.1 Å². The SMILES string of the molecule is CCC1(C(=O)OC(C)(C)C)OC1c1ccc(OC)cc1. The predicted molar refractivity (Wildman–Crippen MR) is 75.7 cm³/mol. The highest BCUT2D eigenvalue weighted by Crippen LogP contribution is 2.53. The van der Waals surface area contributed by atoms with Gasteiger partial charge < -0.3 is 14.2 Å². The second-order valence-corrected chi connectivity index (χ2v) is 6.02. The topological polar surface area (TPSA) is 48.1 Å². The van der Waals surface area contributed by atoms with E-state index in [4.69, 9.17) is 14.2 Å². The molecule has 2 unspecified atom stereocenters. The number of methoxy groups -OCH3 is 1. The van der Waals surface area contributed by atoms with Crippen molar-refractivity contribution in [2.75, 3.05) is 7.11 Å². The third-order valence-corrected chi connectivity index (χ3v) is 3.38. The minimum atomic E-state index is -0.831. The van der Waals surface area contributed by atoms with E-state index in [0.29, 0.717) is 6.42 Å². The summed E-state index contributed by atoms with van der Waals surface area (Å²) in [6, 6.07) is 7.58. The first-order valence-electron chi connectivity index (χ1n) is 6.87. The molecule has 1 fully saturated rings. The highest BCUT2D eigenvalue weighted by atomic mass is 16.7. The number of esters is 1. The van der Waals surface area contributed by atoms with Crippen LogP contribution in [0.1, 0.15) is 45.8 Å². The number of hydrogen-bond donors (Lipinski definition) is 0. The number of hydrogen-bond acceptors (Lipinski definition) is 4. The van der Waals surface area contributed by atoms with Crippen molar-refractivity contribution in [1.29, 1.82) is 0 Å². The van der Waals surface area contributed by atoms with E-state index in [1.807, 2.05) is 52.0 Å². The Labute approximate surface area is 120 Å². The number of ether oxygens (including phenoxy) is 3. The Hall–Kier alpha value is -1.55. The zero-order valence-electron chi connectivity index (χ0n) is 12.7. The van der Waals surface area contributed by atoms with Crippen molar-refractivity contribution in [2.24, 2.45) is 0 Å². The van der Waals surface area contributed by atoms with Gasteiger partial charge in [0, 0.05) is 0 Å². The van der Waals surface area contributed by atoms with E-state index >= 15 is 0 Å². The Morgan fingerprint density at radius 2 is 1.90 bits per heavy atom. The van der Waals surface area contributed by atoms with Crippen LogP contribution in [-0.2, 0) is 14.3 Å². The number of benzene rings is 1. The molecule has 1 aliphatic heterocycles. The summed E-state index contributed by atoms with van der Waals surface area (Å²) in [5.41, 5.74) is -0.365. The maximum atomic E-state index is 12.3. The standard InChI is InChI=1S/C16H22O4/c1-6-16(14(17)20-15(2,3)4)13(19-16)11-7-9-12(18-5)10-8-11/h7-10,13H,6H2,1-5H3. The molecule has 1 aromatic rings. The smallest absolute Gasteiger partial charge is 0.342 e. The van der Waals surface area contributed by atoms with E-state index in [1.165, 1.54) is 0 Å². The third-order valence-electron chi connectivity index (χ3n) is 3.38. The quantitative estimate of drug-likeness (QED) is 0.626. The first kappa shape index (κ1) is 14.9. The zero-order chi connectivity index (χ0) is 15.0. The number of carbonyl (C=O) groups is 1. The van der Waals surface area contributed by atoms with Crippen LogP contribution < -0.4 is 4.74 Å². The van der Waals surface area contributed by atoms with E-state index in [-0.39, 0.29) is 12.1 Å². The lowest BCUT2D eigenvalue weighted by Gasteiger charge is -2.22. The molecular weight excluding hydrogens is 256 g/mol. The van der Waals surface area contributed by atoms with E-state index in [1.54, 1.807) is 7.11 Å². The van der Waals surface area contributed by atoms with Crippen molar-refractivity contribution in [3.63, 3.8) is 0 Å². The molecule has 0 aromatic heterocycles. The van der Waals surface area contributed by atoms with Crippen molar-refractivity contribution in [2.45, 2.75) is 51.4 Å². The van der Waals surface area contributed by atoms with Gasteiger partial charge in [0.2, 0.25) is 0 Å². The molecular formula is C16H22O4. The first-order chi connectivity index (χ1) is 9.32. The number of epoxide rings is 1. The summed E-state index contributed by atoms with van der Waals surface area (Å²) in [6.45, 7) is 7.52. The summed E-state index contributed by atoms with van der Waals surface area (Å²) in [7, 11) is 1.62. The van der Waals surface area contributed by atoms with Crippen LogP contribution in [0.5, 0.6) is 5.75 Å². The van der Waals surface area contributed by atoms with E-state index in [9.17, 15) is 4.79 Å². The van der Waals surface area contributed by atoms with Gasteiger partial charge in [-0.05, 0) is 44.9 Å². The normalized spacial score (nSPS) is 25.1. The molecule has 0 radical (unpaired) electrons. The predicted octanol–water partition coefficient (Wildman–Crippen LogP) is 3.26. The molecule has 0 spiro atoms. The van der Waals surface area contributed by atoms with Crippen LogP contribution in [0, 0.1) is 0 Å². The largest absolute Gasteiger partial charge is 0.497 e. The average molecular weight is 278 g/mol. The van der Waals surface area contributed by atoms with E-state index in [0.717, 1.165) is 11.3 Å². The van der Waals surface area contributed by atoms with Crippen LogP contribution in [0.25, 0.3) is 0 Å². The average Bonchev–Trinajstić information content (AvgIpc) is 3.13. The van der Waals surface area contributed by atoms with Crippen molar-refractivity contribution < 1.29 is 19.0 Å². The van der Waals surface area contributed by atoms with Crippen molar-refractivity contribution in [3.8, 4) is 5.75 Å². The molecule has 20 heavy (non-hydrogen) atoms. The zero-order valence-corrected chi connectivity index (χ0v) is 12.7. The molecule has 1 aliphatic rings. The Balaban J connectivity index is 2.13. The van der Waals surface area contributed by atoms with Crippen LogP contribution in [0.15, 0.2) is 24.3 Å². The first-order valence-corrected chi connectivity index (χ1v) is 6.87. The van der Waals surface area contributed by atoms with Crippen LogP contribution in [0.4, 0.5) is 0 Å². The second kappa shape index (κ2) is 5.09. The molecule has 1 aromatic carbocycles. The van der Waals surface area contributed by atoms with Gasteiger partial charge in [0.05, 0.1) is 7.11 Å². The maximum absolute atomic E-state index is 12.3. The van der Waals surface area contributed by atoms with Gasteiger partial charge in [-0.25, -0.2) is 4.79 Å². The molecule has 4 heteroatoms. The fourth-order valence-corrected chi connectivity index (χ4v) is 2.22. The molecule has 0 amide bonds. The van der Waals surface area contributed by atoms with Crippen LogP contribution in [0.2, 0.25) is 0 Å². The fraction of sp³-hybridized carbons (Fsp3) is 0.562. The highest BCUT2D eigenvalue weighted by molar-refractivity contribution is 5.84. The molecule has 4 nitrogen and oxygen atoms in total. The molecule has 1 saturated heterocycles. The Morgan fingerprint density at radius 3 is 2.35 bits per heavy atom. The van der Waals surface area contributed by atoms with E-state index in [2.05, 4.69) is 0 Å². The Morgan fingerprint density at radius 1 is 1.30 bits per heavy atom. The van der Waals surface area contributed by atoms with Gasteiger partial charge in [-0.15, -0.1) is 0 Å². The Kier molecular flexibility index (Phi) is 3.78. The summed E-state index contributed by atoms with van der Waals surface area (Å²) < 4.78 is 16.3. The lowest BCUT2D eigenvalue weighted by Crippen LogP contribution is -2.34. The van der Waals surface area contributed by atoms with Gasteiger partial charge in [0.25, 0.3) is 0 Å². The number of carbonyl (C=O) groups excluding carboxylic acids is 1. The molecule has 1 heterocycles. The summed E-state index contributed by atoms with van der Waals surface area (Å²) in [4.78, 5) is 12.3. The molecule has 2 rings (SSSR count). The minimum absolute atomic E-state index is 0.228. The summed E-state index contributed by atoms with van der Waals surface area (Å²) in [6.07, 6.45) is 0.367. The molecule has 0 bridgehead atoms. The second-order valence-electron chi connectivity index (χ2n) is 6.02. The van der Waals surface area contributed by atoms with Crippen molar-refractivity contribution in [1.82, 2.24) is 0 Å². The maximum Gasteiger partial charge on any atom is 0.342 e. The van der Waals surface area contributed by atoms with Crippen molar-refractivity contribution in [3.05, 3.63) is 29.8 Å². The molecule has 0 saturated carbocycles. The van der Waals surface area contributed by atoms with Crippen LogP contribution >= 0.6 is 0 Å². The summed E-state index contributed by atoms with van der Waals surface area (Å²) in [5, 5.41) is 0. The third kappa shape index (κ3) is 2.80. The number of rotatable bonds is 4. The molecule has 2 atom stereocenters. The molecule has 0 N–H and O–H groups in total. The van der Waals surface area contributed by atoms with Gasteiger partial charge in [0.1, 0.15) is 17.5 Å². The summed E-state index contributed by atoms with van der Waals surface area (Å²) >= 11 is 0. The van der Waals surface area contributed by atoms with Crippen LogP contribution in [-0.4, -0.2) is 24.3 Å².